The zero-order chi connectivity index (χ0) is 12.4. The number of hydrogen-bond donors (Lipinski definition) is 1. The van der Waals surface area contributed by atoms with Gasteiger partial charge in [0, 0.05) is 19.2 Å². The highest BCUT2D eigenvalue weighted by Crippen LogP contribution is 2.25. The van der Waals surface area contributed by atoms with Gasteiger partial charge in [0.1, 0.15) is 5.82 Å². The minimum Gasteiger partial charge on any atom is -0.326 e. The number of pyridine rings is 1. The van der Waals surface area contributed by atoms with Crippen LogP contribution >= 0.6 is 11.8 Å². The molecule has 1 aliphatic heterocycles. The van der Waals surface area contributed by atoms with E-state index in [0.717, 1.165) is 29.4 Å². The quantitative estimate of drug-likeness (QED) is 0.917. The summed E-state index contributed by atoms with van der Waals surface area (Å²) in [6, 6.07) is 4.07. The van der Waals surface area contributed by atoms with Crippen LogP contribution in [0.15, 0.2) is 18.3 Å². The smallest absolute Gasteiger partial charge is 0.161 e. The van der Waals surface area contributed by atoms with E-state index >= 15 is 0 Å². The molecule has 0 spiro atoms. The third-order valence-corrected chi connectivity index (χ3v) is 4.79. The van der Waals surface area contributed by atoms with Crippen molar-refractivity contribution in [1.29, 1.82) is 0 Å². The molecule has 0 aliphatic carbocycles. The van der Waals surface area contributed by atoms with Gasteiger partial charge in [0.05, 0.1) is 0 Å². The van der Waals surface area contributed by atoms with Crippen LogP contribution in [-0.4, -0.2) is 26.1 Å². The first kappa shape index (κ1) is 12.0. The number of fused-ring (bicyclic) bond motifs is 1. The molecule has 1 fully saturated rings. The van der Waals surface area contributed by atoms with Gasteiger partial charge in [-0.1, -0.05) is 0 Å². The number of thioether (sulfide) groups is 1. The molecule has 0 saturated carbocycles. The molecule has 18 heavy (non-hydrogen) atoms. The Bertz CT molecular complexity index is 531. The molecule has 0 bridgehead atoms. The lowest BCUT2D eigenvalue weighted by Crippen LogP contribution is -2.14. The topological polar surface area (TPSA) is 56.2 Å². The Hall–Kier alpha value is -1.07. The summed E-state index contributed by atoms with van der Waals surface area (Å²) in [6.07, 6.45) is 5.74. The summed E-state index contributed by atoms with van der Waals surface area (Å²) in [5.41, 5.74) is 7.66. The molecule has 96 valence electrons. The van der Waals surface area contributed by atoms with Gasteiger partial charge in [-0.3, -0.25) is 4.40 Å². The van der Waals surface area contributed by atoms with Crippen LogP contribution in [0.1, 0.15) is 24.2 Å². The molecule has 2 N–H and O–H groups in total. The van der Waals surface area contributed by atoms with E-state index in [1.807, 2.05) is 12.3 Å². The Kier molecular flexibility index (Phi) is 3.52. The molecular weight excluding hydrogens is 244 g/mol. The molecular formula is C13H18N4S. The van der Waals surface area contributed by atoms with Crippen LogP contribution in [0.4, 0.5) is 0 Å². The maximum Gasteiger partial charge on any atom is 0.161 e. The molecule has 3 heterocycles. The molecule has 3 rings (SSSR count). The van der Waals surface area contributed by atoms with Gasteiger partial charge in [0.25, 0.3) is 0 Å². The minimum absolute atomic E-state index is 0.554. The lowest BCUT2D eigenvalue weighted by Gasteiger charge is -2.20. The van der Waals surface area contributed by atoms with Crippen LogP contribution < -0.4 is 5.73 Å². The summed E-state index contributed by atoms with van der Waals surface area (Å²) >= 11 is 2.06. The van der Waals surface area contributed by atoms with Crippen molar-refractivity contribution in [3.8, 4) is 0 Å². The van der Waals surface area contributed by atoms with Crippen molar-refractivity contribution >= 4 is 17.4 Å². The second kappa shape index (κ2) is 5.28. The molecule has 0 aromatic carbocycles. The van der Waals surface area contributed by atoms with Gasteiger partial charge >= 0.3 is 0 Å². The van der Waals surface area contributed by atoms with Gasteiger partial charge in [-0.15, -0.1) is 10.2 Å². The van der Waals surface area contributed by atoms with Crippen LogP contribution in [0.25, 0.3) is 5.65 Å². The van der Waals surface area contributed by atoms with Crippen LogP contribution in [0.3, 0.4) is 0 Å². The van der Waals surface area contributed by atoms with E-state index in [0.29, 0.717) is 6.54 Å². The van der Waals surface area contributed by atoms with Crippen molar-refractivity contribution in [3.63, 3.8) is 0 Å². The zero-order valence-electron chi connectivity index (χ0n) is 10.4. The Morgan fingerprint density at radius 1 is 1.44 bits per heavy atom. The average molecular weight is 262 g/mol. The molecule has 0 amide bonds. The fourth-order valence-corrected chi connectivity index (χ4v) is 3.63. The second-order valence-corrected chi connectivity index (χ2v) is 6.02. The second-order valence-electron chi connectivity index (χ2n) is 4.87. The van der Waals surface area contributed by atoms with E-state index in [9.17, 15) is 0 Å². The molecule has 2 aromatic heterocycles. The number of rotatable bonds is 3. The normalized spacial score (nSPS) is 20.4. The Morgan fingerprint density at radius 3 is 3.17 bits per heavy atom. The van der Waals surface area contributed by atoms with Gasteiger partial charge in [-0.25, -0.2) is 0 Å². The van der Waals surface area contributed by atoms with Crippen LogP contribution in [-0.2, 0) is 13.0 Å². The minimum atomic E-state index is 0.554. The lowest BCUT2D eigenvalue weighted by molar-refractivity contribution is 0.506. The van der Waals surface area contributed by atoms with Gasteiger partial charge in [-0.05, 0) is 48.0 Å². The van der Waals surface area contributed by atoms with E-state index < -0.39 is 0 Å². The van der Waals surface area contributed by atoms with Crippen molar-refractivity contribution in [2.24, 2.45) is 11.7 Å². The van der Waals surface area contributed by atoms with Crippen molar-refractivity contribution in [1.82, 2.24) is 14.6 Å². The van der Waals surface area contributed by atoms with E-state index in [2.05, 4.69) is 32.4 Å². The number of hydrogen-bond acceptors (Lipinski definition) is 4. The van der Waals surface area contributed by atoms with Crippen molar-refractivity contribution in [3.05, 3.63) is 29.7 Å². The maximum absolute atomic E-state index is 5.64. The van der Waals surface area contributed by atoms with Gasteiger partial charge in [-0.2, -0.15) is 11.8 Å². The van der Waals surface area contributed by atoms with Crippen LogP contribution in [0.5, 0.6) is 0 Å². The molecule has 1 aliphatic rings. The van der Waals surface area contributed by atoms with E-state index in [1.165, 1.54) is 24.3 Å². The summed E-state index contributed by atoms with van der Waals surface area (Å²) in [4.78, 5) is 0. The summed E-state index contributed by atoms with van der Waals surface area (Å²) in [5, 5.41) is 8.57. The highest BCUT2D eigenvalue weighted by Gasteiger charge is 2.17. The number of nitrogens with two attached hydrogens (primary N) is 1. The third kappa shape index (κ3) is 2.37. The highest BCUT2D eigenvalue weighted by molar-refractivity contribution is 7.99. The molecule has 1 unspecified atom stereocenters. The molecule has 2 aromatic rings. The third-order valence-electron chi connectivity index (χ3n) is 3.51. The Balaban J connectivity index is 1.83. The standard InChI is InChI=1S/C13H18N4S/c14-8-10-3-4-17-12(6-10)15-16-13(17)7-11-2-1-5-18-9-11/h3-4,6,11H,1-2,5,7-9,14H2. The van der Waals surface area contributed by atoms with Gasteiger partial charge in [0.15, 0.2) is 5.65 Å². The summed E-state index contributed by atoms with van der Waals surface area (Å²) in [7, 11) is 0. The fraction of sp³-hybridized carbons (Fsp3) is 0.538. The van der Waals surface area contributed by atoms with Gasteiger partial charge in [0.2, 0.25) is 0 Å². The van der Waals surface area contributed by atoms with E-state index in [-0.39, 0.29) is 0 Å². The Morgan fingerprint density at radius 2 is 2.39 bits per heavy atom. The predicted octanol–water partition coefficient (Wildman–Crippen LogP) is 1.87. The molecule has 0 radical (unpaired) electrons. The van der Waals surface area contributed by atoms with Crippen molar-refractivity contribution < 1.29 is 0 Å². The van der Waals surface area contributed by atoms with E-state index in [1.54, 1.807) is 0 Å². The molecule has 4 nitrogen and oxygen atoms in total. The zero-order valence-corrected chi connectivity index (χ0v) is 11.2. The van der Waals surface area contributed by atoms with Crippen molar-refractivity contribution in [2.75, 3.05) is 11.5 Å². The molecule has 1 atom stereocenters. The molecule has 1 saturated heterocycles. The first-order valence-electron chi connectivity index (χ1n) is 6.47. The maximum atomic E-state index is 5.64. The van der Waals surface area contributed by atoms with Crippen molar-refractivity contribution in [2.45, 2.75) is 25.8 Å². The van der Waals surface area contributed by atoms with Crippen LogP contribution in [0.2, 0.25) is 0 Å². The Labute approximate surface area is 111 Å². The highest BCUT2D eigenvalue weighted by atomic mass is 32.2. The first-order valence-corrected chi connectivity index (χ1v) is 7.62. The lowest BCUT2D eigenvalue weighted by atomic mass is 10.0. The number of nitrogens with zero attached hydrogens (tertiary/aromatic N) is 3. The fourth-order valence-electron chi connectivity index (χ4n) is 2.48. The first-order chi connectivity index (χ1) is 8.86. The SMILES string of the molecule is NCc1ccn2c(CC3CCCSC3)nnc2c1. The van der Waals surface area contributed by atoms with Crippen LogP contribution in [0, 0.1) is 5.92 Å². The summed E-state index contributed by atoms with van der Waals surface area (Å²) in [6.45, 7) is 0.554. The average Bonchev–Trinajstić information content (AvgIpc) is 2.82. The summed E-state index contributed by atoms with van der Waals surface area (Å²) < 4.78 is 2.10. The largest absolute Gasteiger partial charge is 0.326 e. The van der Waals surface area contributed by atoms with Gasteiger partial charge < -0.3 is 5.73 Å². The predicted molar refractivity (Wildman–Crippen MR) is 74.6 cm³/mol. The molecule has 5 heteroatoms. The number of aromatic nitrogens is 3. The van der Waals surface area contributed by atoms with E-state index in [4.69, 9.17) is 5.73 Å². The monoisotopic (exact) mass is 262 g/mol. The summed E-state index contributed by atoms with van der Waals surface area (Å²) in [5.74, 6) is 4.42.